The smallest absolute Gasteiger partial charge is 0.254 e. The summed E-state index contributed by atoms with van der Waals surface area (Å²) in [6.07, 6.45) is 1.04. The van der Waals surface area contributed by atoms with Crippen molar-refractivity contribution in [3.8, 4) is 0 Å². The van der Waals surface area contributed by atoms with Crippen molar-refractivity contribution >= 4 is 23.4 Å². The minimum absolute atomic E-state index is 0.116. The Kier molecular flexibility index (Phi) is 5.38. The van der Waals surface area contributed by atoms with Gasteiger partial charge in [0.25, 0.3) is 5.91 Å². The molecule has 24 heavy (non-hydrogen) atoms. The van der Waals surface area contributed by atoms with Gasteiger partial charge in [0.2, 0.25) is 5.91 Å². The highest BCUT2D eigenvalue weighted by Crippen LogP contribution is 2.30. The summed E-state index contributed by atoms with van der Waals surface area (Å²) in [5.41, 5.74) is 0.692. The normalized spacial score (nSPS) is 25.4. The molecule has 1 aromatic rings. The highest BCUT2D eigenvalue weighted by Gasteiger charge is 2.39. The molecule has 7 heteroatoms. The van der Waals surface area contributed by atoms with Gasteiger partial charge >= 0.3 is 0 Å². The second kappa shape index (κ2) is 7.51. The third-order valence-electron chi connectivity index (χ3n) is 4.58. The van der Waals surface area contributed by atoms with Crippen LogP contribution in [0.2, 0.25) is 5.02 Å². The van der Waals surface area contributed by atoms with E-state index < -0.39 is 12.1 Å². The Morgan fingerprint density at radius 2 is 2.04 bits per heavy atom. The average Bonchev–Trinajstić information content (AvgIpc) is 2.61. The molecule has 2 atom stereocenters. The van der Waals surface area contributed by atoms with Crippen LogP contribution >= 0.6 is 11.6 Å². The van der Waals surface area contributed by atoms with Crippen LogP contribution in [0.15, 0.2) is 24.3 Å². The van der Waals surface area contributed by atoms with Crippen LogP contribution in [-0.2, 0) is 19.1 Å². The van der Waals surface area contributed by atoms with E-state index in [2.05, 4.69) is 5.32 Å². The lowest BCUT2D eigenvalue weighted by atomic mass is 9.97. The number of carbonyl (C=O) groups excluding carboxylic acids is 2. The Morgan fingerprint density at radius 1 is 1.33 bits per heavy atom. The van der Waals surface area contributed by atoms with Crippen molar-refractivity contribution in [3.63, 3.8) is 0 Å². The fourth-order valence-corrected chi connectivity index (χ4v) is 3.48. The first-order chi connectivity index (χ1) is 11.6. The molecule has 0 aliphatic carbocycles. The van der Waals surface area contributed by atoms with Gasteiger partial charge in [0, 0.05) is 25.2 Å². The van der Waals surface area contributed by atoms with Gasteiger partial charge in [0.05, 0.1) is 12.1 Å². The van der Waals surface area contributed by atoms with Crippen LogP contribution in [0.3, 0.4) is 0 Å². The first-order valence-corrected chi connectivity index (χ1v) is 8.45. The molecular formula is C17H21ClN2O4. The lowest BCUT2D eigenvalue weighted by molar-refractivity contribution is -0.156. The van der Waals surface area contributed by atoms with Crippen LogP contribution in [0.1, 0.15) is 24.4 Å². The zero-order valence-electron chi connectivity index (χ0n) is 13.5. The molecule has 0 aromatic heterocycles. The first-order valence-electron chi connectivity index (χ1n) is 8.07. The highest BCUT2D eigenvalue weighted by molar-refractivity contribution is 6.31. The van der Waals surface area contributed by atoms with Crippen LogP contribution in [-0.4, -0.2) is 55.7 Å². The molecule has 6 nitrogen and oxygen atoms in total. The molecule has 2 unspecified atom stereocenters. The number of nitrogens with zero attached hydrogens (tertiary/aromatic N) is 1. The molecule has 0 saturated carbocycles. The number of rotatable bonds is 3. The molecule has 2 aliphatic rings. The minimum Gasteiger partial charge on any atom is -0.381 e. The van der Waals surface area contributed by atoms with Gasteiger partial charge in [0.1, 0.15) is 6.61 Å². The number of ether oxygens (including phenoxy) is 2. The molecule has 2 fully saturated rings. The monoisotopic (exact) mass is 352 g/mol. The van der Waals surface area contributed by atoms with E-state index in [1.165, 1.54) is 0 Å². The fraction of sp³-hybridized carbons (Fsp3) is 0.529. The summed E-state index contributed by atoms with van der Waals surface area (Å²) in [4.78, 5) is 26.5. The second-order valence-electron chi connectivity index (χ2n) is 6.06. The summed E-state index contributed by atoms with van der Waals surface area (Å²) in [5.74, 6) is -0.364. The number of likely N-dealkylation sites (tertiary alicyclic amines) is 1. The summed E-state index contributed by atoms with van der Waals surface area (Å²) < 4.78 is 10.9. The Morgan fingerprint density at radius 3 is 2.71 bits per heavy atom. The Bertz CT molecular complexity index is 616. The van der Waals surface area contributed by atoms with Gasteiger partial charge in [0.15, 0.2) is 6.10 Å². The third kappa shape index (κ3) is 3.55. The second-order valence-corrected chi connectivity index (χ2v) is 6.47. The number of hydrogen-bond donors (Lipinski definition) is 1. The lowest BCUT2D eigenvalue weighted by Gasteiger charge is -2.38. The maximum absolute atomic E-state index is 12.9. The number of piperidine rings is 1. The van der Waals surface area contributed by atoms with Gasteiger partial charge in [-0.2, -0.15) is 0 Å². The molecule has 0 spiro atoms. The number of carbonyl (C=O) groups is 2. The molecule has 3 rings (SSSR count). The van der Waals surface area contributed by atoms with Gasteiger partial charge in [-0.05, 0) is 24.5 Å². The van der Waals surface area contributed by atoms with E-state index in [0.29, 0.717) is 23.7 Å². The molecule has 130 valence electrons. The average molecular weight is 353 g/mol. The van der Waals surface area contributed by atoms with Crippen molar-refractivity contribution in [3.05, 3.63) is 34.9 Å². The third-order valence-corrected chi connectivity index (χ3v) is 4.93. The van der Waals surface area contributed by atoms with E-state index in [-0.39, 0.29) is 24.5 Å². The predicted molar refractivity (Wildman–Crippen MR) is 88.7 cm³/mol. The molecule has 0 bridgehead atoms. The quantitative estimate of drug-likeness (QED) is 0.896. The minimum atomic E-state index is -0.762. The zero-order valence-corrected chi connectivity index (χ0v) is 14.3. The summed E-state index contributed by atoms with van der Waals surface area (Å²) >= 11 is 6.25. The standard InChI is InChI=1S/C17H21ClN2O4/c1-23-11-6-8-20(9-7-11)17(22)16-15(19-14(21)10-24-16)12-4-2-3-5-13(12)18/h2-5,11,15-16H,6-10H2,1H3,(H,19,21). The van der Waals surface area contributed by atoms with Crippen molar-refractivity contribution in [1.82, 2.24) is 10.2 Å². The van der Waals surface area contributed by atoms with E-state index >= 15 is 0 Å². The lowest BCUT2D eigenvalue weighted by Crippen LogP contribution is -2.55. The number of halogens is 1. The largest absolute Gasteiger partial charge is 0.381 e. The Labute approximate surface area is 146 Å². The number of benzene rings is 1. The van der Waals surface area contributed by atoms with Crippen molar-refractivity contribution in [2.75, 3.05) is 26.8 Å². The van der Waals surface area contributed by atoms with E-state index in [1.54, 1.807) is 24.1 Å². The molecule has 1 N–H and O–H groups in total. The molecule has 2 amide bonds. The van der Waals surface area contributed by atoms with Crippen molar-refractivity contribution < 1.29 is 19.1 Å². The van der Waals surface area contributed by atoms with Gasteiger partial charge in [-0.3, -0.25) is 9.59 Å². The van der Waals surface area contributed by atoms with Gasteiger partial charge in [-0.25, -0.2) is 0 Å². The molecule has 1 aromatic carbocycles. The number of nitrogens with one attached hydrogen (secondary N) is 1. The SMILES string of the molecule is COC1CCN(C(=O)C2OCC(=O)NC2c2ccccc2Cl)CC1. The van der Waals surface area contributed by atoms with Gasteiger partial charge in [-0.15, -0.1) is 0 Å². The fourth-order valence-electron chi connectivity index (χ4n) is 3.23. The maximum Gasteiger partial charge on any atom is 0.254 e. The van der Waals surface area contributed by atoms with E-state index in [1.807, 2.05) is 12.1 Å². The molecular weight excluding hydrogens is 332 g/mol. The highest BCUT2D eigenvalue weighted by atomic mass is 35.5. The summed E-state index contributed by atoms with van der Waals surface area (Å²) in [5, 5.41) is 3.35. The number of amides is 2. The van der Waals surface area contributed by atoms with Gasteiger partial charge < -0.3 is 19.7 Å². The Hall–Kier alpha value is -1.63. The number of hydrogen-bond acceptors (Lipinski definition) is 4. The molecule has 0 radical (unpaired) electrons. The van der Waals surface area contributed by atoms with E-state index in [4.69, 9.17) is 21.1 Å². The maximum atomic E-state index is 12.9. The van der Waals surface area contributed by atoms with Crippen LogP contribution in [0, 0.1) is 0 Å². The first kappa shape index (κ1) is 17.2. The summed E-state index contributed by atoms with van der Waals surface area (Å²) in [6.45, 7) is 1.13. The van der Waals surface area contributed by atoms with Crippen LogP contribution < -0.4 is 5.32 Å². The zero-order chi connectivity index (χ0) is 17.1. The van der Waals surface area contributed by atoms with Crippen LogP contribution in [0.4, 0.5) is 0 Å². The number of morpholine rings is 1. The summed E-state index contributed by atoms with van der Waals surface area (Å²) in [6, 6.07) is 6.60. The molecule has 2 heterocycles. The van der Waals surface area contributed by atoms with Crippen LogP contribution in [0.5, 0.6) is 0 Å². The van der Waals surface area contributed by atoms with Crippen molar-refractivity contribution in [2.24, 2.45) is 0 Å². The number of methoxy groups -OCH3 is 1. The van der Waals surface area contributed by atoms with E-state index in [9.17, 15) is 9.59 Å². The molecule has 2 saturated heterocycles. The van der Waals surface area contributed by atoms with Gasteiger partial charge in [-0.1, -0.05) is 29.8 Å². The molecule has 2 aliphatic heterocycles. The Balaban J connectivity index is 1.78. The van der Waals surface area contributed by atoms with Crippen molar-refractivity contribution in [1.29, 1.82) is 0 Å². The van der Waals surface area contributed by atoms with E-state index in [0.717, 1.165) is 12.8 Å². The predicted octanol–water partition coefficient (Wildman–Crippen LogP) is 1.53. The summed E-state index contributed by atoms with van der Waals surface area (Å²) in [7, 11) is 1.69. The van der Waals surface area contributed by atoms with Crippen LogP contribution in [0.25, 0.3) is 0 Å². The topological polar surface area (TPSA) is 67.9 Å². The van der Waals surface area contributed by atoms with Crippen molar-refractivity contribution in [2.45, 2.75) is 31.1 Å².